The first kappa shape index (κ1) is 16.5. The van der Waals surface area contributed by atoms with Crippen molar-refractivity contribution >= 4 is 11.9 Å². The first-order valence-electron chi connectivity index (χ1n) is 7.18. The lowest BCUT2D eigenvalue weighted by molar-refractivity contribution is -0.141. The molecule has 120 valence electrons. The number of carbonyl (C=O) groups is 2. The van der Waals surface area contributed by atoms with Crippen molar-refractivity contribution in [2.75, 3.05) is 20.8 Å². The molecule has 0 bridgehead atoms. The average Bonchev–Trinajstić information content (AvgIpc) is 2.61. The molecule has 0 saturated heterocycles. The van der Waals surface area contributed by atoms with Crippen molar-refractivity contribution in [2.24, 2.45) is 0 Å². The number of methoxy groups -OCH3 is 2. The van der Waals surface area contributed by atoms with E-state index >= 15 is 0 Å². The zero-order chi connectivity index (χ0) is 16.7. The van der Waals surface area contributed by atoms with Crippen molar-refractivity contribution in [3.05, 3.63) is 65.7 Å². The third-order valence-corrected chi connectivity index (χ3v) is 3.39. The van der Waals surface area contributed by atoms with Crippen molar-refractivity contribution in [2.45, 2.75) is 6.54 Å². The summed E-state index contributed by atoms with van der Waals surface area (Å²) in [6.45, 7) is 0.190. The fraction of sp³-hybridized carbons (Fsp3) is 0.222. The molecule has 5 nitrogen and oxygen atoms in total. The normalized spacial score (nSPS) is 10.0. The highest BCUT2D eigenvalue weighted by atomic mass is 16.5. The molecule has 0 fully saturated rings. The predicted octanol–water partition coefficient (Wildman–Crippen LogP) is 2.51. The molecule has 23 heavy (non-hydrogen) atoms. The summed E-state index contributed by atoms with van der Waals surface area (Å²) in [5.74, 6) is -0.277. The van der Waals surface area contributed by atoms with E-state index in [2.05, 4.69) is 0 Å². The highest BCUT2D eigenvalue weighted by molar-refractivity contribution is 5.98. The van der Waals surface area contributed by atoms with Gasteiger partial charge < -0.3 is 14.4 Å². The molecule has 0 aliphatic rings. The Labute approximate surface area is 135 Å². The van der Waals surface area contributed by atoms with Crippen molar-refractivity contribution < 1.29 is 19.1 Å². The van der Waals surface area contributed by atoms with Crippen LogP contribution in [-0.2, 0) is 16.1 Å². The number of para-hydroxylation sites is 1. The molecular formula is C18H19NO4. The standard InChI is InChI=1S/C18H19NO4/c1-22-16-11-7-6-10-15(16)18(21)19(13-17(20)23-2)12-14-8-4-3-5-9-14/h3-11H,12-13H2,1-2H3. The molecule has 2 aromatic rings. The molecule has 0 aliphatic heterocycles. The fourth-order valence-electron chi connectivity index (χ4n) is 2.22. The number of carbonyl (C=O) groups excluding carboxylic acids is 2. The first-order chi connectivity index (χ1) is 11.2. The van der Waals surface area contributed by atoms with Gasteiger partial charge in [0.15, 0.2) is 0 Å². The van der Waals surface area contributed by atoms with Gasteiger partial charge in [-0.25, -0.2) is 0 Å². The monoisotopic (exact) mass is 313 g/mol. The number of esters is 1. The molecule has 0 spiro atoms. The summed E-state index contributed by atoms with van der Waals surface area (Å²) in [7, 11) is 2.81. The van der Waals surface area contributed by atoms with Gasteiger partial charge in [-0.15, -0.1) is 0 Å². The second-order valence-corrected chi connectivity index (χ2v) is 4.92. The Morgan fingerprint density at radius 2 is 1.61 bits per heavy atom. The Hall–Kier alpha value is -2.82. The van der Waals surface area contributed by atoms with Crippen molar-refractivity contribution in [1.29, 1.82) is 0 Å². The van der Waals surface area contributed by atoms with E-state index in [4.69, 9.17) is 9.47 Å². The highest BCUT2D eigenvalue weighted by Gasteiger charge is 2.22. The van der Waals surface area contributed by atoms with E-state index in [0.29, 0.717) is 17.9 Å². The minimum atomic E-state index is -0.468. The van der Waals surface area contributed by atoms with Crippen LogP contribution in [0.25, 0.3) is 0 Å². The number of ether oxygens (including phenoxy) is 2. The second-order valence-electron chi connectivity index (χ2n) is 4.92. The summed E-state index contributed by atoms with van der Waals surface area (Å²) in [6.07, 6.45) is 0. The van der Waals surface area contributed by atoms with Gasteiger partial charge in [0.25, 0.3) is 5.91 Å². The molecule has 0 radical (unpaired) electrons. The first-order valence-corrected chi connectivity index (χ1v) is 7.18. The quantitative estimate of drug-likeness (QED) is 0.769. The van der Waals surface area contributed by atoms with E-state index in [1.165, 1.54) is 19.1 Å². The van der Waals surface area contributed by atoms with Gasteiger partial charge in [0.2, 0.25) is 0 Å². The molecule has 1 amide bonds. The predicted molar refractivity (Wildman–Crippen MR) is 86.2 cm³/mol. The van der Waals surface area contributed by atoms with Crippen molar-refractivity contribution in [3.63, 3.8) is 0 Å². The highest BCUT2D eigenvalue weighted by Crippen LogP contribution is 2.20. The van der Waals surface area contributed by atoms with Crippen LogP contribution in [0.3, 0.4) is 0 Å². The maximum atomic E-state index is 12.8. The molecule has 0 N–H and O–H groups in total. The number of amides is 1. The molecule has 5 heteroatoms. The van der Waals surface area contributed by atoms with Gasteiger partial charge in [-0.2, -0.15) is 0 Å². The smallest absolute Gasteiger partial charge is 0.325 e. The van der Waals surface area contributed by atoms with Crippen molar-refractivity contribution in [3.8, 4) is 5.75 Å². The van der Waals surface area contributed by atoms with E-state index < -0.39 is 5.97 Å². The maximum absolute atomic E-state index is 12.8. The third-order valence-electron chi connectivity index (χ3n) is 3.39. The Morgan fingerprint density at radius 3 is 2.26 bits per heavy atom. The zero-order valence-corrected chi connectivity index (χ0v) is 13.2. The lowest BCUT2D eigenvalue weighted by atomic mass is 10.1. The van der Waals surface area contributed by atoms with Crippen LogP contribution < -0.4 is 4.74 Å². The minimum Gasteiger partial charge on any atom is -0.496 e. The molecule has 0 saturated carbocycles. The van der Waals surface area contributed by atoms with Gasteiger partial charge in [-0.3, -0.25) is 9.59 Å². The van der Waals surface area contributed by atoms with E-state index in [0.717, 1.165) is 5.56 Å². The topological polar surface area (TPSA) is 55.8 Å². The molecule has 0 unspecified atom stereocenters. The SMILES string of the molecule is COC(=O)CN(Cc1ccccc1)C(=O)c1ccccc1OC. The summed E-state index contributed by atoms with van der Waals surface area (Å²) in [4.78, 5) is 25.9. The lowest BCUT2D eigenvalue weighted by Crippen LogP contribution is -2.36. The Morgan fingerprint density at radius 1 is 0.957 bits per heavy atom. The summed E-state index contributed by atoms with van der Waals surface area (Å²) in [5, 5.41) is 0. The van der Waals surface area contributed by atoms with Crippen molar-refractivity contribution in [1.82, 2.24) is 4.90 Å². The van der Waals surface area contributed by atoms with Crippen LogP contribution >= 0.6 is 0 Å². The summed E-state index contributed by atoms with van der Waals surface area (Å²) in [5.41, 5.74) is 1.34. The fourth-order valence-corrected chi connectivity index (χ4v) is 2.22. The molecule has 0 heterocycles. The number of hydrogen-bond donors (Lipinski definition) is 0. The summed E-state index contributed by atoms with van der Waals surface area (Å²) >= 11 is 0. The minimum absolute atomic E-state index is 0.123. The van der Waals surface area contributed by atoms with Crippen LogP contribution in [0, 0.1) is 0 Å². The van der Waals surface area contributed by atoms with E-state index in [9.17, 15) is 9.59 Å². The molecule has 2 rings (SSSR count). The van der Waals surface area contributed by atoms with Crippen LogP contribution in [0.4, 0.5) is 0 Å². The zero-order valence-electron chi connectivity index (χ0n) is 13.2. The molecule has 0 aromatic heterocycles. The molecule has 0 atom stereocenters. The van der Waals surface area contributed by atoms with Gasteiger partial charge in [-0.05, 0) is 17.7 Å². The van der Waals surface area contributed by atoms with Crippen LogP contribution in [0.1, 0.15) is 15.9 Å². The summed E-state index contributed by atoms with van der Waals surface area (Å²) < 4.78 is 9.93. The second kappa shape index (κ2) is 7.98. The molecule has 2 aromatic carbocycles. The van der Waals surface area contributed by atoms with E-state index in [1.807, 2.05) is 30.3 Å². The van der Waals surface area contributed by atoms with Crippen LogP contribution in [0.15, 0.2) is 54.6 Å². The van der Waals surface area contributed by atoms with E-state index in [1.54, 1.807) is 24.3 Å². The van der Waals surface area contributed by atoms with Crippen LogP contribution in [0.5, 0.6) is 5.75 Å². The van der Waals surface area contributed by atoms with Gasteiger partial charge in [0, 0.05) is 6.54 Å². The van der Waals surface area contributed by atoms with Crippen LogP contribution in [-0.4, -0.2) is 37.5 Å². The van der Waals surface area contributed by atoms with E-state index in [-0.39, 0.29) is 12.5 Å². The number of benzene rings is 2. The molecular weight excluding hydrogens is 294 g/mol. The number of rotatable bonds is 6. The van der Waals surface area contributed by atoms with Gasteiger partial charge in [-0.1, -0.05) is 42.5 Å². The lowest BCUT2D eigenvalue weighted by Gasteiger charge is -2.22. The summed E-state index contributed by atoms with van der Waals surface area (Å²) in [6, 6.07) is 16.4. The maximum Gasteiger partial charge on any atom is 0.325 e. The van der Waals surface area contributed by atoms with Gasteiger partial charge in [0.1, 0.15) is 12.3 Å². The Kier molecular flexibility index (Phi) is 5.74. The Bertz CT molecular complexity index is 670. The van der Waals surface area contributed by atoms with Gasteiger partial charge >= 0.3 is 5.97 Å². The number of nitrogens with zero attached hydrogens (tertiary/aromatic N) is 1. The largest absolute Gasteiger partial charge is 0.496 e. The number of hydrogen-bond acceptors (Lipinski definition) is 4. The Balaban J connectivity index is 2.28. The molecule has 0 aliphatic carbocycles. The average molecular weight is 313 g/mol. The third kappa shape index (κ3) is 4.32. The van der Waals surface area contributed by atoms with Crippen LogP contribution in [0.2, 0.25) is 0 Å². The van der Waals surface area contributed by atoms with Gasteiger partial charge in [0.05, 0.1) is 19.8 Å².